The molecule has 0 aromatic rings. The number of halogens is 1. The van der Waals surface area contributed by atoms with Crippen molar-refractivity contribution in [3.63, 3.8) is 0 Å². The summed E-state index contributed by atoms with van der Waals surface area (Å²) in [6.45, 7) is 5.03. The van der Waals surface area contributed by atoms with Crippen molar-refractivity contribution in [1.29, 1.82) is 5.41 Å². The Labute approximate surface area is 86.8 Å². The molecule has 3 heteroatoms. The minimum atomic E-state index is -0.0522. The van der Waals surface area contributed by atoms with Gasteiger partial charge >= 0.3 is 0 Å². The lowest BCUT2D eigenvalue weighted by Gasteiger charge is -2.21. The molecule has 0 aromatic heterocycles. The van der Waals surface area contributed by atoms with Crippen LogP contribution >= 0.6 is 11.6 Å². The van der Waals surface area contributed by atoms with Crippen LogP contribution < -0.4 is 0 Å². The lowest BCUT2D eigenvalue weighted by atomic mass is 10.1. The number of rotatable bonds is 8. The van der Waals surface area contributed by atoms with E-state index in [0.29, 0.717) is 0 Å². The fourth-order valence-electron chi connectivity index (χ4n) is 1.24. The molecular weight excluding hydrogens is 184 g/mol. The van der Waals surface area contributed by atoms with E-state index in [9.17, 15) is 0 Å². The highest BCUT2D eigenvalue weighted by atomic mass is 35.5. The lowest BCUT2D eigenvalue weighted by Crippen LogP contribution is -2.28. The van der Waals surface area contributed by atoms with E-state index in [2.05, 4.69) is 6.92 Å². The first kappa shape index (κ1) is 12.8. The van der Waals surface area contributed by atoms with Gasteiger partial charge in [0.15, 0.2) is 0 Å². The number of hydrogen-bond acceptors (Lipinski definition) is 1. The summed E-state index contributed by atoms with van der Waals surface area (Å²) < 4.78 is 0. The molecule has 1 unspecified atom stereocenters. The molecule has 0 aliphatic carbocycles. The number of unbranched alkanes of at least 4 members (excludes halogenated alkanes) is 4. The van der Waals surface area contributed by atoms with Crippen molar-refractivity contribution in [2.45, 2.75) is 51.5 Å². The summed E-state index contributed by atoms with van der Waals surface area (Å²) in [6.07, 6.45) is 7.63. The summed E-state index contributed by atoms with van der Waals surface area (Å²) in [6, 6.07) is 0. The van der Waals surface area contributed by atoms with Gasteiger partial charge in [0, 0.05) is 6.54 Å². The Balaban J connectivity index is 3.33. The molecule has 1 N–H and O–H groups in total. The first-order chi connectivity index (χ1) is 6.22. The average Bonchev–Trinajstić information content (AvgIpc) is 2.10. The Kier molecular flexibility index (Phi) is 8.21. The summed E-state index contributed by atoms with van der Waals surface area (Å²) in [5, 5.41) is 7.12. The molecule has 0 radical (unpaired) electrons. The van der Waals surface area contributed by atoms with Gasteiger partial charge in [0.2, 0.25) is 0 Å². The molecule has 0 saturated carbocycles. The molecule has 0 fully saturated rings. The first-order valence-electron chi connectivity index (χ1n) is 5.12. The maximum atomic E-state index is 7.12. The topological polar surface area (TPSA) is 27.1 Å². The molecule has 0 aliphatic heterocycles. The van der Waals surface area contributed by atoms with Crippen LogP contribution in [0.1, 0.15) is 46.0 Å². The summed E-state index contributed by atoms with van der Waals surface area (Å²) in [5.74, 6) is 0. The predicted octanol–water partition coefficient (Wildman–Crippen LogP) is 3.45. The highest BCUT2D eigenvalue weighted by Gasteiger charge is 2.04. The van der Waals surface area contributed by atoms with E-state index < -0.39 is 0 Å². The number of hydrogen-bond donors (Lipinski definition) is 1. The van der Waals surface area contributed by atoms with Crippen molar-refractivity contribution in [3.8, 4) is 0 Å². The lowest BCUT2D eigenvalue weighted by molar-refractivity contribution is 0.398. The van der Waals surface area contributed by atoms with Gasteiger partial charge in [-0.1, -0.05) is 44.2 Å². The Morgan fingerprint density at radius 3 is 2.38 bits per heavy atom. The molecule has 0 spiro atoms. The molecular formula is C10H21ClN2. The molecule has 0 heterocycles. The van der Waals surface area contributed by atoms with Gasteiger partial charge in [0.1, 0.15) is 5.50 Å². The zero-order valence-electron chi connectivity index (χ0n) is 8.72. The maximum absolute atomic E-state index is 7.12. The van der Waals surface area contributed by atoms with Gasteiger partial charge in [-0.2, -0.15) is 0 Å². The van der Waals surface area contributed by atoms with Gasteiger partial charge in [-0.15, -0.1) is 0 Å². The number of nitrogens with one attached hydrogen (secondary N) is 1. The van der Waals surface area contributed by atoms with Crippen LogP contribution in [0, 0.1) is 5.41 Å². The molecule has 78 valence electrons. The zero-order valence-corrected chi connectivity index (χ0v) is 9.48. The van der Waals surface area contributed by atoms with E-state index in [-0.39, 0.29) is 5.50 Å². The van der Waals surface area contributed by atoms with E-state index in [1.807, 2.05) is 11.8 Å². The Bertz CT molecular complexity index is 126. The van der Waals surface area contributed by atoms with E-state index in [1.54, 1.807) is 0 Å². The predicted molar refractivity (Wildman–Crippen MR) is 59.6 cm³/mol. The third kappa shape index (κ3) is 6.88. The molecule has 0 aromatic carbocycles. The Morgan fingerprint density at radius 1 is 1.31 bits per heavy atom. The summed E-state index contributed by atoms with van der Waals surface area (Å²) in [7, 11) is 0. The minimum Gasteiger partial charge on any atom is -0.347 e. The summed E-state index contributed by atoms with van der Waals surface area (Å²) in [5.41, 5.74) is -0.0522. The normalized spacial score (nSPS) is 12.5. The van der Waals surface area contributed by atoms with Gasteiger partial charge < -0.3 is 4.90 Å². The van der Waals surface area contributed by atoms with Crippen LogP contribution in [0.4, 0.5) is 0 Å². The summed E-state index contributed by atoms with van der Waals surface area (Å²) in [4.78, 5) is 1.85. The third-order valence-corrected chi connectivity index (χ3v) is 2.39. The average molecular weight is 205 g/mol. The SMILES string of the molecule is CCCCCCCN(C=N)C(C)Cl. The van der Waals surface area contributed by atoms with Gasteiger partial charge in [-0.05, 0) is 13.3 Å². The fraction of sp³-hybridized carbons (Fsp3) is 0.900. The molecule has 0 amide bonds. The molecule has 2 nitrogen and oxygen atoms in total. The zero-order chi connectivity index (χ0) is 10.1. The Hall–Kier alpha value is -0.240. The van der Waals surface area contributed by atoms with Gasteiger partial charge in [-0.25, -0.2) is 0 Å². The van der Waals surface area contributed by atoms with Crippen molar-refractivity contribution in [2.75, 3.05) is 6.54 Å². The van der Waals surface area contributed by atoms with Gasteiger partial charge in [-0.3, -0.25) is 5.41 Å². The second kappa shape index (κ2) is 8.36. The van der Waals surface area contributed by atoms with Crippen LogP contribution in [0.25, 0.3) is 0 Å². The van der Waals surface area contributed by atoms with Gasteiger partial charge in [0.05, 0.1) is 6.34 Å². The van der Waals surface area contributed by atoms with Crippen molar-refractivity contribution in [3.05, 3.63) is 0 Å². The quantitative estimate of drug-likeness (QED) is 0.212. The van der Waals surface area contributed by atoms with E-state index in [4.69, 9.17) is 17.0 Å². The molecule has 0 rings (SSSR count). The summed E-state index contributed by atoms with van der Waals surface area (Å²) >= 11 is 5.86. The third-order valence-electron chi connectivity index (χ3n) is 2.14. The van der Waals surface area contributed by atoms with E-state index in [0.717, 1.165) is 13.0 Å². The van der Waals surface area contributed by atoms with Crippen LogP contribution in [0.5, 0.6) is 0 Å². The molecule has 13 heavy (non-hydrogen) atoms. The molecule has 0 bridgehead atoms. The van der Waals surface area contributed by atoms with E-state index >= 15 is 0 Å². The maximum Gasteiger partial charge on any atom is 0.102 e. The van der Waals surface area contributed by atoms with Crippen molar-refractivity contribution < 1.29 is 0 Å². The number of nitrogens with zero attached hydrogens (tertiary/aromatic N) is 1. The van der Waals surface area contributed by atoms with Crippen LogP contribution in [0.15, 0.2) is 0 Å². The fourth-order valence-corrected chi connectivity index (χ4v) is 1.40. The van der Waals surface area contributed by atoms with Crippen LogP contribution in [0.2, 0.25) is 0 Å². The van der Waals surface area contributed by atoms with Crippen LogP contribution in [-0.2, 0) is 0 Å². The standard InChI is InChI=1S/C10H21ClN2/c1-3-4-5-6-7-8-13(9-12)10(2)11/h9-10,12H,3-8H2,1-2H3. The van der Waals surface area contributed by atoms with E-state index in [1.165, 1.54) is 32.0 Å². The van der Waals surface area contributed by atoms with Crippen molar-refractivity contribution >= 4 is 17.9 Å². The monoisotopic (exact) mass is 204 g/mol. The number of alkyl halides is 1. The van der Waals surface area contributed by atoms with Crippen LogP contribution in [-0.4, -0.2) is 23.3 Å². The highest BCUT2D eigenvalue weighted by molar-refractivity contribution is 6.20. The van der Waals surface area contributed by atoms with Crippen LogP contribution in [0.3, 0.4) is 0 Å². The molecule has 1 atom stereocenters. The minimum absolute atomic E-state index is 0.0522. The largest absolute Gasteiger partial charge is 0.347 e. The van der Waals surface area contributed by atoms with Crippen molar-refractivity contribution in [2.24, 2.45) is 0 Å². The highest BCUT2D eigenvalue weighted by Crippen LogP contribution is 2.06. The second-order valence-electron chi connectivity index (χ2n) is 3.36. The van der Waals surface area contributed by atoms with Crippen molar-refractivity contribution in [1.82, 2.24) is 4.90 Å². The Morgan fingerprint density at radius 2 is 1.92 bits per heavy atom. The smallest absolute Gasteiger partial charge is 0.102 e. The first-order valence-corrected chi connectivity index (χ1v) is 5.56. The second-order valence-corrected chi connectivity index (χ2v) is 3.99. The van der Waals surface area contributed by atoms with Gasteiger partial charge in [0.25, 0.3) is 0 Å². The molecule has 0 aliphatic rings. The molecule has 0 saturated heterocycles.